The molecule has 1 rings (SSSR count). The number of aryl methyl sites for hydroxylation is 2. The zero-order valence-electron chi connectivity index (χ0n) is 9.74. The van der Waals surface area contributed by atoms with Crippen LogP contribution >= 0.6 is 0 Å². The number of rotatable bonds is 2. The minimum atomic E-state index is -0.817. The van der Waals surface area contributed by atoms with Crippen LogP contribution in [-0.2, 0) is 4.79 Å². The third-order valence-electron chi connectivity index (χ3n) is 2.02. The highest BCUT2D eigenvalue weighted by molar-refractivity contribution is 5.72. The number of likely N-dealkylation sites (N-methyl/N-ethyl adjacent to an activating group) is 1. The summed E-state index contributed by atoms with van der Waals surface area (Å²) in [4.78, 5) is 9.87. The SMILES string of the molecule is CNC(C)C(=O)O.Cc1ccc(C)cc1. The molecule has 1 aromatic rings. The van der Waals surface area contributed by atoms with E-state index in [0.29, 0.717) is 0 Å². The Morgan fingerprint density at radius 1 is 1.20 bits per heavy atom. The van der Waals surface area contributed by atoms with Crippen molar-refractivity contribution < 1.29 is 9.90 Å². The third-order valence-corrected chi connectivity index (χ3v) is 2.02. The van der Waals surface area contributed by atoms with Crippen LogP contribution in [0.15, 0.2) is 24.3 Å². The van der Waals surface area contributed by atoms with E-state index in [2.05, 4.69) is 43.4 Å². The summed E-state index contributed by atoms with van der Waals surface area (Å²) in [5.41, 5.74) is 2.66. The molecule has 0 fully saturated rings. The van der Waals surface area contributed by atoms with Gasteiger partial charge < -0.3 is 10.4 Å². The van der Waals surface area contributed by atoms with Gasteiger partial charge in [-0.15, -0.1) is 0 Å². The summed E-state index contributed by atoms with van der Waals surface area (Å²) >= 11 is 0. The summed E-state index contributed by atoms with van der Waals surface area (Å²) in [6, 6.07) is 8.05. The monoisotopic (exact) mass is 209 g/mol. The molecule has 0 aliphatic carbocycles. The largest absolute Gasteiger partial charge is 0.480 e. The van der Waals surface area contributed by atoms with Crippen molar-refractivity contribution in [2.45, 2.75) is 26.8 Å². The molecule has 0 bridgehead atoms. The number of carboxylic acids is 1. The van der Waals surface area contributed by atoms with Crippen LogP contribution in [0.3, 0.4) is 0 Å². The van der Waals surface area contributed by atoms with Crippen LogP contribution in [-0.4, -0.2) is 24.2 Å². The smallest absolute Gasteiger partial charge is 0.320 e. The van der Waals surface area contributed by atoms with Gasteiger partial charge in [0.1, 0.15) is 6.04 Å². The second-order valence-corrected chi connectivity index (χ2v) is 3.50. The van der Waals surface area contributed by atoms with Gasteiger partial charge in [-0.2, -0.15) is 0 Å². The Morgan fingerprint density at radius 2 is 1.53 bits per heavy atom. The average Bonchev–Trinajstić information content (AvgIpc) is 2.22. The van der Waals surface area contributed by atoms with E-state index in [1.807, 2.05) is 0 Å². The first-order valence-electron chi connectivity index (χ1n) is 4.90. The first kappa shape index (κ1) is 13.7. The Bertz CT molecular complexity index is 272. The van der Waals surface area contributed by atoms with E-state index in [-0.39, 0.29) is 0 Å². The molecule has 0 heterocycles. The maximum absolute atomic E-state index is 9.87. The summed E-state index contributed by atoms with van der Waals surface area (Å²) in [5, 5.41) is 10.7. The van der Waals surface area contributed by atoms with Crippen LogP contribution in [0.2, 0.25) is 0 Å². The molecule has 0 radical (unpaired) electrons. The van der Waals surface area contributed by atoms with E-state index >= 15 is 0 Å². The first-order chi connectivity index (χ1) is 6.97. The molecule has 0 aromatic heterocycles. The number of carboxylic acid groups (broad SMARTS) is 1. The Morgan fingerprint density at radius 3 is 1.67 bits per heavy atom. The van der Waals surface area contributed by atoms with Crippen LogP contribution in [0.1, 0.15) is 18.1 Å². The van der Waals surface area contributed by atoms with Crippen molar-refractivity contribution >= 4 is 5.97 Å². The molecule has 0 aliphatic heterocycles. The van der Waals surface area contributed by atoms with E-state index in [4.69, 9.17) is 5.11 Å². The predicted octanol–water partition coefficient (Wildman–Crippen LogP) is 1.98. The van der Waals surface area contributed by atoms with Gasteiger partial charge in [-0.3, -0.25) is 4.79 Å². The van der Waals surface area contributed by atoms with Crippen molar-refractivity contribution in [1.29, 1.82) is 0 Å². The Kier molecular flexibility index (Phi) is 6.38. The number of benzene rings is 1. The molecule has 1 unspecified atom stereocenters. The normalized spacial score (nSPS) is 11.2. The lowest BCUT2D eigenvalue weighted by Gasteiger charge is -1.99. The molecular weight excluding hydrogens is 190 g/mol. The fourth-order valence-electron chi connectivity index (χ4n) is 0.760. The highest BCUT2D eigenvalue weighted by Crippen LogP contribution is 1.99. The number of carbonyl (C=O) groups is 1. The summed E-state index contributed by atoms with van der Waals surface area (Å²) in [6.07, 6.45) is 0. The quantitative estimate of drug-likeness (QED) is 0.783. The summed E-state index contributed by atoms with van der Waals surface area (Å²) < 4.78 is 0. The van der Waals surface area contributed by atoms with Crippen LogP contribution in [0, 0.1) is 13.8 Å². The van der Waals surface area contributed by atoms with Gasteiger partial charge in [-0.25, -0.2) is 0 Å². The average molecular weight is 209 g/mol. The van der Waals surface area contributed by atoms with E-state index in [1.165, 1.54) is 11.1 Å². The minimum Gasteiger partial charge on any atom is -0.480 e. The number of aliphatic carboxylic acids is 1. The summed E-state index contributed by atoms with van der Waals surface area (Å²) in [5.74, 6) is -0.817. The van der Waals surface area contributed by atoms with E-state index < -0.39 is 12.0 Å². The van der Waals surface area contributed by atoms with Gasteiger partial charge in [0.15, 0.2) is 0 Å². The van der Waals surface area contributed by atoms with Gasteiger partial charge >= 0.3 is 5.97 Å². The lowest BCUT2D eigenvalue weighted by Crippen LogP contribution is -2.29. The molecule has 3 heteroatoms. The van der Waals surface area contributed by atoms with E-state index in [1.54, 1.807) is 14.0 Å². The fraction of sp³-hybridized carbons (Fsp3) is 0.417. The summed E-state index contributed by atoms with van der Waals surface area (Å²) in [7, 11) is 1.61. The highest BCUT2D eigenvalue weighted by Gasteiger charge is 2.04. The van der Waals surface area contributed by atoms with Gasteiger partial charge in [0, 0.05) is 0 Å². The van der Waals surface area contributed by atoms with Crippen LogP contribution in [0.4, 0.5) is 0 Å². The molecule has 0 saturated heterocycles. The Balaban J connectivity index is 0.000000265. The molecular formula is C12H19NO2. The van der Waals surface area contributed by atoms with Gasteiger partial charge in [0.05, 0.1) is 0 Å². The third kappa shape index (κ3) is 6.69. The summed E-state index contributed by atoms with van der Waals surface area (Å²) in [6.45, 7) is 5.78. The highest BCUT2D eigenvalue weighted by atomic mass is 16.4. The topological polar surface area (TPSA) is 49.3 Å². The van der Waals surface area contributed by atoms with Crippen molar-refractivity contribution in [3.8, 4) is 0 Å². The van der Waals surface area contributed by atoms with Crippen LogP contribution in [0.25, 0.3) is 0 Å². The maximum atomic E-state index is 9.87. The van der Waals surface area contributed by atoms with E-state index in [9.17, 15) is 4.79 Å². The Hall–Kier alpha value is -1.35. The molecule has 84 valence electrons. The second-order valence-electron chi connectivity index (χ2n) is 3.50. The number of nitrogens with one attached hydrogen (secondary N) is 1. The molecule has 15 heavy (non-hydrogen) atoms. The molecule has 3 nitrogen and oxygen atoms in total. The standard InChI is InChI=1S/C8H10.C4H9NO2/c1-7-3-5-8(2)6-4-7;1-3(5-2)4(6)7/h3-6H,1-2H3;3,5H,1-2H3,(H,6,7). The van der Waals surface area contributed by atoms with Gasteiger partial charge in [0.2, 0.25) is 0 Å². The fourth-order valence-corrected chi connectivity index (χ4v) is 0.760. The predicted molar refractivity (Wildman–Crippen MR) is 62.1 cm³/mol. The first-order valence-corrected chi connectivity index (χ1v) is 4.90. The van der Waals surface area contributed by atoms with Gasteiger partial charge in [0.25, 0.3) is 0 Å². The van der Waals surface area contributed by atoms with Crippen LogP contribution < -0.4 is 5.32 Å². The molecule has 0 amide bonds. The van der Waals surface area contributed by atoms with Crippen molar-refractivity contribution in [1.82, 2.24) is 5.32 Å². The zero-order valence-corrected chi connectivity index (χ0v) is 9.74. The van der Waals surface area contributed by atoms with Crippen molar-refractivity contribution in [2.75, 3.05) is 7.05 Å². The lowest BCUT2D eigenvalue weighted by molar-refractivity contribution is -0.138. The molecule has 1 aromatic carbocycles. The van der Waals surface area contributed by atoms with Gasteiger partial charge in [-0.05, 0) is 27.8 Å². The van der Waals surface area contributed by atoms with E-state index in [0.717, 1.165) is 0 Å². The Labute approximate surface area is 91.1 Å². The lowest BCUT2D eigenvalue weighted by atomic mass is 10.2. The number of hydrogen-bond acceptors (Lipinski definition) is 2. The molecule has 1 atom stereocenters. The van der Waals surface area contributed by atoms with Crippen molar-refractivity contribution in [3.63, 3.8) is 0 Å². The molecule has 0 saturated carbocycles. The van der Waals surface area contributed by atoms with Crippen molar-refractivity contribution in [2.24, 2.45) is 0 Å². The number of hydrogen-bond donors (Lipinski definition) is 2. The molecule has 2 N–H and O–H groups in total. The van der Waals surface area contributed by atoms with Crippen molar-refractivity contribution in [3.05, 3.63) is 35.4 Å². The molecule has 0 spiro atoms. The maximum Gasteiger partial charge on any atom is 0.320 e. The zero-order chi connectivity index (χ0) is 11.8. The second kappa shape index (κ2) is 7.01. The van der Waals surface area contributed by atoms with Crippen LogP contribution in [0.5, 0.6) is 0 Å². The van der Waals surface area contributed by atoms with Gasteiger partial charge in [-0.1, -0.05) is 35.4 Å². The minimum absolute atomic E-state index is 0.431. The molecule has 0 aliphatic rings.